The summed E-state index contributed by atoms with van der Waals surface area (Å²) in [6.45, 7) is -13.4. The third-order valence-electron chi connectivity index (χ3n) is 12.1. The molecule has 5 aromatic rings. The zero-order valence-corrected chi connectivity index (χ0v) is 35.3. The van der Waals surface area contributed by atoms with Crippen LogP contribution in [0.4, 0.5) is 25.4 Å². The van der Waals surface area contributed by atoms with Gasteiger partial charge in [-0.25, -0.2) is 13.8 Å². The predicted octanol–water partition coefficient (Wildman–Crippen LogP) is 4.36. The molecule has 5 aliphatic heterocycles. The van der Waals surface area contributed by atoms with Crippen LogP contribution in [-0.4, -0.2) is 122 Å². The SMILES string of the molecule is [2H]C1([2H])N(CC2CCN(c3ccc(-c4ccc5c(c4)C(=O)N(C(C(=O)Nc4nccs4)c4cc(F)ccc4O)C5)nn3)CC2)C([2H])([2H])C([2H])([2H])N(c2cc(F)c3c(c2)C(=O)N(C2CCC(=O)NC2=O)C3=O)C1([2H])[2H]. The first-order chi connectivity index (χ1) is 34.9. The number of halogens is 2. The number of carbonyl (C=O) groups excluding carboxylic acids is 6. The second-order valence-electron chi connectivity index (χ2n) is 16.1. The first-order valence-electron chi connectivity index (χ1n) is 24.8. The summed E-state index contributed by atoms with van der Waals surface area (Å²) in [5, 5.41) is 26.1. The molecule has 0 radical (unpaired) electrons. The number of phenols is 1. The quantitative estimate of drug-likeness (QED) is 0.167. The van der Waals surface area contributed by atoms with Gasteiger partial charge in [0.1, 0.15) is 29.5 Å². The number of aromatic nitrogens is 3. The van der Waals surface area contributed by atoms with Crippen LogP contribution in [0.5, 0.6) is 5.75 Å². The molecule has 338 valence electrons. The van der Waals surface area contributed by atoms with Crippen molar-refractivity contribution in [1.29, 1.82) is 0 Å². The molecule has 0 aliphatic carbocycles. The predicted molar refractivity (Wildman–Crippen MR) is 236 cm³/mol. The summed E-state index contributed by atoms with van der Waals surface area (Å²) in [5.41, 5.74) is -0.667. The largest absolute Gasteiger partial charge is 0.508 e. The van der Waals surface area contributed by atoms with Gasteiger partial charge in [0.15, 0.2) is 10.9 Å². The number of piperazine rings is 1. The van der Waals surface area contributed by atoms with Crippen molar-refractivity contribution in [2.75, 3.05) is 60.7 Å². The zero-order valence-electron chi connectivity index (χ0n) is 42.5. The number of amides is 6. The number of anilines is 3. The third kappa shape index (κ3) is 7.99. The van der Waals surface area contributed by atoms with Crippen molar-refractivity contribution in [3.8, 4) is 17.0 Å². The molecule has 2 aromatic heterocycles. The van der Waals surface area contributed by atoms with E-state index in [9.17, 15) is 38.3 Å². The summed E-state index contributed by atoms with van der Waals surface area (Å²) in [6, 6.07) is 9.91. The highest BCUT2D eigenvalue weighted by Gasteiger charge is 2.46. The van der Waals surface area contributed by atoms with Gasteiger partial charge in [0.25, 0.3) is 23.6 Å². The average molecular weight is 925 g/mol. The maximum atomic E-state index is 15.9. The molecule has 66 heavy (non-hydrogen) atoms. The Labute approximate surface area is 391 Å². The highest BCUT2D eigenvalue weighted by atomic mass is 32.1. The summed E-state index contributed by atoms with van der Waals surface area (Å²) in [4.78, 5) is 87.2. The molecule has 5 aliphatic rings. The Morgan fingerprint density at radius 3 is 2.42 bits per heavy atom. The van der Waals surface area contributed by atoms with Crippen LogP contribution in [0.15, 0.2) is 72.2 Å². The van der Waals surface area contributed by atoms with Crippen LogP contribution >= 0.6 is 11.3 Å². The van der Waals surface area contributed by atoms with Crippen LogP contribution in [-0.2, 0) is 20.9 Å². The number of benzene rings is 3. The fourth-order valence-electron chi connectivity index (χ4n) is 8.75. The molecule has 7 heterocycles. The lowest BCUT2D eigenvalue weighted by molar-refractivity contribution is -0.136. The number of imide groups is 2. The van der Waals surface area contributed by atoms with E-state index in [0.29, 0.717) is 64.4 Å². The van der Waals surface area contributed by atoms with Crippen LogP contribution in [0.1, 0.15) is 84.9 Å². The number of phenolic OH excluding ortho intramolecular Hbond substituents is 1. The van der Waals surface area contributed by atoms with Crippen molar-refractivity contribution in [2.24, 2.45) is 5.92 Å². The van der Waals surface area contributed by atoms with Crippen molar-refractivity contribution in [3.05, 3.63) is 112 Å². The lowest BCUT2D eigenvalue weighted by Crippen LogP contribution is -2.54. The van der Waals surface area contributed by atoms with E-state index in [1.807, 2.05) is 10.2 Å². The number of carbonyl (C=O) groups is 6. The highest BCUT2D eigenvalue weighted by Crippen LogP contribution is 2.38. The van der Waals surface area contributed by atoms with E-state index in [1.165, 1.54) is 11.1 Å². The third-order valence-corrected chi connectivity index (χ3v) is 12.8. The Morgan fingerprint density at radius 2 is 1.70 bits per heavy atom. The van der Waals surface area contributed by atoms with Gasteiger partial charge >= 0.3 is 0 Å². The lowest BCUT2D eigenvalue weighted by atomic mass is 9.96. The Bertz CT molecular complexity index is 3160. The molecular formula is C46H42F2N10O7S. The molecular weight excluding hydrogens is 875 g/mol. The molecule has 17 nitrogen and oxygen atoms in total. The van der Waals surface area contributed by atoms with Crippen molar-refractivity contribution >= 4 is 63.4 Å². The minimum Gasteiger partial charge on any atom is -0.508 e. The van der Waals surface area contributed by atoms with Gasteiger partial charge in [-0.3, -0.25) is 49.2 Å². The summed E-state index contributed by atoms with van der Waals surface area (Å²) in [6.07, 6.45) is 1.61. The first-order valence-corrected chi connectivity index (χ1v) is 21.6. The zero-order chi connectivity index (χ0) is 53.0. The maximum Gasteiger partial charge on any atom is 0.265 e. The molecule has 0 saturated carbocycles. The van der Waals surface area contributed by atoms with Gasteiger partial charge in [0.05, 0.1) is 22.3 Å². The van der Waals surface area contributed by atoms with Crippen LogP contribution in [0, 0.1) is 17.6 Å². The van der Waals surface area contributed by atoms with E-state index in [0.717, 1.165) is 35.6 Å². The van der Waals surface area contributed by atoms with Gasteiger partial charge < -0.3 is 19.8 Å². The maximum absolute atomic E-state index is 15.9. The van der Waals surface area contributed by atoms with Crippen LogP contribution in [0.3, 0.4) is 0 Å². The summed E-state index contributed by atoms with van der Waals surface area (Å²) < 4.78 is 103. The van der Waals surface area contributed by atoms with E-state index in [-0.39, 0.29) is 46.3 Å². The molecule has 3 aromatic carbocycles. The van der Waals surface area contributed by atoms with Crippen molar-refractivity contribution in [1.82, 2.24) is 35.2 Å². The number of hydrogen-bond donors (Lipinski definition) is 3. The Balaban J connectivity index is 0.817. The number of piperidine rings is 2. The van der Waals surface area contributed by atoms with Gasteiger partial charge in [-0.1, -0.05) is 12.1 Å². The molecule has 3 saturated heterocycles. The Morgan fingerprint density at radius 1 is 0.894 bits per heavy atom. The normalized spacial score (nSPS) is 24.5. The van der Waals surface area contributed by atoms with E-state index in [1.54, 1.807) is 35.7 Å². The summed E-state index contributed by atoms with van der Waals surface area (Å²) >= 11 is 1.14. The molecule has 3 N–H and O–H groups in total. The minimum absolute atomic E-state index is 0.0356. The van der Waals surface area contributed by atoms with Crippen molar-refractivity contribution in [3.63, 3.8) is 0 Å². The number of nitrogens with one attached hydrogen (secondary N) is 2. The van der Waals surface area contributed by atoms with E-state index in [4.69, 9.17) is 11.0 Å². The topological polar surface area (TPSA) is 202 Å². The fourth-order valence-corrected chi connectivity index (χ4v) is 9.29. The van der Waals surface area contributed by atoms with E-state index < -0.39 is 114 Å². The van der Waals surface area contributed by atoms with Crippen molar-refractivity contribution in [2.45, 2.75) is 44.3 Å². The van der Waals surface area contributed by atoms with Crippen LogP contribution in [0.2, 0.25) is 0 Å². The molecule has 0 bridgehead atoms. The number of fused-ring (bicyclic) bond motifs is 2. The summed E-state index contributed by atoms with van der Waals surface area (Å²) in [7, 11) is 0. The molecule has 3 fully saturated rings. The summed E-state index contributed by atoms with van der Waals surface area (Å²) in [5.74, 6) is -7.88. The number of aromatic hydroxyl groups is 1. The lowest BCUT2D eigenvalue weighted by Gasteiger charge is -2.39. The standard InChI is InChI=1S/C46H42F2N10O7S/c47-28-3-6-36(59)31(20-28)40(42(62)51-46-49-11-18-66-46)57-24-27-2-1-26(19-30(27)43(57)63)34-4-7-37(53-52-34)56-12-9-25(10-13-56)23-54-14-16-55(17-15-54)29-21-32-39(33(48)22-29)45(65)58(44(32)64)35-5-8-38(60)50-41(35)61/h1-4,6-7,11,18-22,25,35,40,59H,5,8-10,12-17,23-24H2,(H,49,51,62)(H,50,60,61)/i14D2,15D2,16D2,17D2. The highest BCUT2D eigenvalue weighted by molar-refractivity contribution is 7.13. The smallest absolute Gasteiger partial charge is 0.265 e. The van der Waals surface area contributed by atoms with Crippen LogP contribution in [0.25, 0.3) is 11.3 Å². The number of rotatable bonds is 10. The van der Waals surface area contributed by atoms with E-state index in [2.05, 4.69) is 20.5 Å². The average Bonchev–Trinajstić information content (AvgIpc) is 4.05. The van der Waals surface area contributed by atoms with Crippen LogP contribution < -0.4 is 20.4 Å². The van der Waals surface area contributed by atoms with Gasteiger partial charge in [-0.2, -0.15) is 0 Å². The molecule has 2 unspecified atom stereocenters. The second kappa shape index (κ2) is 17.3. The molecule has 0 spiro atoms. The molecule has 20 heteroatoms. The van der Waals surface area contributed by atoms with Gasteiger partial charge in [0.2, 0.25) is 11.8 Å². The van der Waals surface area contributed by atoms with Crippen molar-refractivity contribution < 1.29 is 53.6 Å². The number of hydrogen-bond acceptors (Lipinski definition) is 14. The minimum atomic E-state index is -3.45. The van der Waals surface area contributed by atoms with Gasteiger partial charge in [-0.05, 0) is 79.3 Å². The molecule has 10 rings (SSSR count). The molecule has 2 atom stereocenters. The van der Waals surface area contributed by atoms with Gasteiger partial charge in [-0.15, -0.1) is 21.5 Å². The fraction of sp³-hybridized carbons (Fsp3) is 0.326. The monoisotopic (exact) mass is 924 g/mol. The van der Waals surface area contributed by atoms with E-state index >= 15 is 4.39 Å². The number of nitrogens with zero attached hydrogens (tertiary/aromatic N) is 8. The Hall–Kier alpha value is -7.19. The van der Waals surface area contributed by atoms with Gasteiger partial charge in [0, 0.05) is 98.0 Å². The second-order valence-corrected chi connectivity index (χ2v) is 17.0. The molecule has 6 amide bonds. The number of thiazole rings is 1. The Kier molecular flexibility index (Phi) is 8.97. The first kappa shape index (κ1) is 34.2.